The zero-order valence-electron chi connectivity index (χ0n) is 8.75. The molecular formula is C9H16N2O3S. The van der Waals surface area contributed by atoms with Crippen molar-refractivity contribution in [3.8, 4) is 0 Å². The molecule has 15 heavy (non-hydrogen) atoms. The van der Waals surface area contributed by atoms with Gasteiger partial charge in [-0.2, -0.15) is 0 Å². The van der Waals surface area contributed by atoms with E-state index in [2.05, 4.69) is 10.6 Å². The van der Waals surface area contributed by atoms with Gasteiger partial charge < -0.3 is 10.6 Å². The highest BCUT2D eigenvalue weighted by molar-refractivity contribution is 7.91. The average molecular weight is 232 g/mol. The highest BCUT2D eigenvalue weighted by atomic mass is 32.2. The molecule has 5 nitrogen and oxygen atoms in total. The molecule has 1 atom stereocenters. The molecular weight excluding hydrogens is 216 g/mol. The van der Waals surface area contributed by atoms with E-state index in [-0.39, 0.29) is 23.3 Å². The first-order valence-electron chi connectivity index (χ1n) is 5.13. The van der Waals surface area contributed by atoms with Crippen molar-refractivity contribution in [1.29, 1.82) is 0 Å². The monoisotopic (exact) mass is 232 g/mol. The minimum absolute atomic E-state index is 0.0186. The van der Waals surface area contributed by atoms with Crippen molar-refractivity contribution < 1.29 is 13.2 Å². The van der Waals surface area contributed by atoms with Gasteiger partial charge in [-0.15, -0.1) is 0 Å². The lowest BCUT2D eigenvalue weighted by Gasteiger charge is -2.31. The van der Waals surface area contributed by atoms with Crippen molar-refractivity contribution in [2.24, 2.45) is 5.92 Å². The Morgan fingerprint density at radius 2 is 2.13 bits per heavy atom. The Hall–Kier alpha value is -0.620. The second-order valence-corrected chi connectivity index (χ2v) is 6.93. The molecule has 0 aromatic rings. The highest BCUT2D eigenvalue weighted by Gasteiger charge is 2.41. The molecule has 2 fully saturated rings. The summed E-state index contributed by atoms with van der Waals surface area (Å²) in [7, 11) is -2.94. The summed E-state index contributed by atoms with van der Waals surface area (Å²) in [5.74, 6) is 0.261. The maximum absolute atomic E-state index is 11.7. The van der Waals surface area contributed by atoms with E-state index in [0.29, 0.717) is 19.5 Å². The summed E-state index contributed by atoms with van der Waals surface area (Å²) in [6.45, 7) is 3.21. The number of hydrogen-bond acceptors (Lipinski definition) is 4. The lowest BCUT2D eigenvalue weighted by atomic mass is 9.97. The standard InChI is InChI=1S/C9H16N2O3S/c1-9(2-3-15(13,14)6-9)11-8(12)7-4-10-5-7/h7,10H,2-6H2,1H3,(H,11,12). The van der Waals surface area contributed by atoms with Crippen molar-refractivity contribution in [2.75, 3.05) is 24.6 Å². The smallest absolute Gasteiger partial charge is 0.226 e. The van der Waals surface area contributed by atoms with Crippen LogP contribution >= 0.6 is 0 Å². The Morgan fingerprint density at radius 1 is 1.47 bits per heavy atom. The van der Waals surface area contributed by atoms with E-state index in [9.17, 15) is 13.2 Å². The maximum atomic E-state index is 11.7. The van der Waals surface area contributed by atoms with Crippen molar-refractivity contribution in [3.05, 3.63) is 0 Å². The molecule has 0 aromatic carbocycles. The van der Waals surface area contributed by atoms with Gasteiger partial charge in [0.2, 0.25) is 5.91 Å². The summed E-state index contributed by atoms with van der Waals surface area (Å²) >= 11 is 0. The molecule has 0 radical (unpaired) electrons. The number of carbonyl (C=O) groups excluding carboxylic acids is 1. The predicted octanol–water partition coefficient (Wildman–Crippen LogP) is -1.10. The molecule has 0 aromatic heterocycles. The zero-order valence-corrected chi connectivity index (χ0v) is 9.56. The largest absolute Gasteiger partial charge is 0.350 e. The summed E-state index contributed by atoms with van der Waals surface area (Å²) in [6.07, 6.45) is 0.529. The first-order chi connectivity index (χ1) is 6.90. The molecule has 1 amide bonds. The predicted molar refractivity (Wildman–Crippen MR) is 56.2 cm³/mol. The molecule has 2 saturated heterocycles. The van der Waals surface area contributed by atoms with Gasteiger partial charge >= 0.3 is 0 Å². The van der Waals surface area contributed by atoms with E-state index >= 15 is 0 Å². The van der Waals surface area contributed by atoms with E-state index < -0.39 is 15.4 Å². The fourth-order valence-electron chi connectivity index (χ4n) is 1.98. The quantitative estimate of drug-likeness (QED) is 0.633. The molecule has 0 aliphatic carbocycles. The van der Waals surface area contributed by atoms with Crippen LogP contribution in [0.15, 0.2) is 0 Å². The molecule has 0 spiro atoms. The molecule has 86 valence electrons. The molecule has 0 saturated carbocycles. The molecule has 1 unspecified atom stereocenters. The zero-order chi connectivity index (χ0) is 11.1. The fraction of sp³-hybridized carbons (Fsp3) is 0.889. The minimum Gasteiger partial charge on any atom is -0.350 e. The van der Waals surface area contributed by atoms with Gasteiger partial charge in [0.05, 0.1) is 23.0 Å². The third-order valence-electron chi connectivity index (χ3n) is 3.08. The van der Waals surface area contributed by atoms with Gasteiger partial charge in [0.25, 0.3) is 0 Å². The number of hydrogen-bond donors (Lipinski definition) is 2. The van der Waals surface area contributed by atoms with Gasteiger partial charge in [-0.1, -0.05) is 0 Å². The Morgan fingerprint density at radius 3 is 2.53 bits per heavy atom. The van der Waals surface area contributed by atoms with Crippen LogP contribution in [0.1, 0.15) is 13.3 Å². The second-order valence-electron chi connectivity index (χ2n) is 4.75. The second kappa shape index (κ2) is 3.45. The summed E-state index contributed by atoms with van der Waals surface area (Å²) < 4.78 is 22.6. The normalized spacial score (nSPS) is 34.7. The third kappa shape index (κ3) is 2.31. The van der Waals surface area contributed by atoms with Crippen LogP contribution in [0.5, 0.6) is 0 Å². The van der Waals surface area contributed by atoms with Gasteiger partial charge in [0, 0.05) is 13.1 Å². The Bertz CT molecular complexity index is 375. The fourth-order valence-corrected chi connectivity index (χ4v) is 4.08. The molecule has 2 aliphatic heterocycles. The van der Waals surface area contributed by atoms with Gasteiger partial charge in [-0.3, -0.25) is 4.79 Å². The molecule has 2 rings (SSSR count). The van der Waals surface area contributed by atoms with Crippen LogP contribution in [0.4, 0.5) is 0 Å². The van der Waals surface area contributed by atoms with Crippen LogP contribution in [0.3, 0.4) is 0 Å². The number of amides is 1. The molecule has 2 N–H and O–H groups in total. The number of sulfone groups is 1. The third-order valence-corrected chi connectivity index (χ3v) is 4.98. The average Bonchev–Trinajstić information content (AvgIpc) is 2.20. The van der Waals surface area contributed by atoms with Crippen LogP contribution in [0.25, 0.3) is 0 Å². The number of nitrogens with one attached hydrogen (secondary N) is 2. The first kappa shape index (κ1) is 10.9. The summed E-state index contributed by atoms with van der Waals surface area (Å²) in [5, 5.41) is 5.87. The maximum Gasteiger partial charge on any atom is 0.226 e. The Balaban J connectivity index is 1.96. The van der Waals surface area contributed by atoms with Gasteiger partial charge in [-0.25, -0.2) is 8.42 Å². The molecule has 2 aliphatic rings. The van der Waals surface area contributed by atoms with Crippen LogP contribution in [-0.4, -0.2) is 44.5 Å². The topological polar surface area (TPSA) is 75.3 Å². The van der Waals surface area contributed by atoms with E-state index in [1.807, 2.05) is 6.92 Å². The highest BCUT2D eigenvalue weighted by Crippen LogP contribution is 2.23. The van der Waals surface area contributed by atoms with Crippen LogP contribution in [0.2, 0.25) is 0 Å². The lowest BCUT2D eigenvalue weighted by molar-refractivity contribution is -0.127. The van der Waals surface area contributed by atoms with E-state index in [4.69, 9.17) is 0 Å². The van der Waals surface area contributed by atoms with Crippen LogP contribution in [-0.2, 0) is 14.6 Å². The van der Waals surface area contributed by atoms with E-state index in [1.165, 1.54) is 0 Å². The Labute approximate surface area is 89.5 Å². The van der Waals surface area contributed by atoms with Gasteiger partial charge in [0.15, 0.2) is 9.84 Å². The summed E-state index contributed by atoms with van der Waals surface area (Å²) in [5.41, 5.74) is -0.550. The van der Waals surface area contributed by atoms with E-state index in [1.54, 1.807) is 0 Å². The van der Waals surface area contributed by atoms with Crippen molar-refractivity contribution in [3.63, 3.8) is 0 Å². The van der Waals surface area contributed by atoms with Crippen molar-refractivity contribution >= 4 is 15.7 Å². The molecule has 6 heteroatoms. The molecule has 2 heterocycles. The summed E-state index contributed by atoms with van der Waals surface area (Å²) in [6, 6.07) is 0. The number of rotatable bonds is 2. The van der Waals surface area contributed by atoms with Crippen molar-refractivity contribution in [1.82, 2.24) is 10.6 Å². The van der Waals surface area contributed by atoms with Crippen LogP contribution in [0, 0.1) is 5.92 Å². The number of carbonyl (C=O) groups is 1. The summed E-state index contributed by atoms with van der Waals surface area (Å²) in [4.78, 5) is 11.7. The SMILES string of the molecule is CC1(NC(=O)C2CNC2)CCS(=O)(=O)C1. The van der Waals surface area contributed by atoms with Crippen LogP contribution < -0.4 is 10.6 Å². The van der Waals surface area contributed by atoms with Gasteiger partial charge in [0.1, 0.15) is 0 Å². The van der Waals surface area contributed by atoms with Gasteiger partial charge in [-0.05, 0) is 13.3 Å². The first-order valence-corrected chi connectivity index (χ1v) is 6.96. The Kier molecular flexibility index (Phi) is 2.50. The van der Waals surface area contributed by atoms with Crippen molar-refractivity contribution in [2.45, 2.75) is 18.9 Å². The van der Waals surface area contributed by atoms with E-state index in [0.717, 1.165) is 0 Å². The minimum atomic E-state index is -2.94. The lowest BCUT2D eigenvalue weighted by Crippen LogP contribution is -2.56. The molecule has 0 bridgehead atoms.